The molecule has 1 heterocycles. The molecule has 0 unspecified atom stereocenters. The summed E-state index contributed by atoms with van der Waals surface area (Å²) in [6, 6.07) is 3.87. The Morgan fingerprint density at radius 3 is 2.63 bits per heavy atom. The van der Waals surface area contributed by atoms with Gasteiger partial charge in [-0.3, -0.25) is 19.8 Å². The van der Waals surface area contributed by atoms with Crippen molar-refractivity contribution in [1.29, 1.82) is 0 Å². The summed E-state index contributed by atoms with van der Waals surface area (Å²) in [5, 5.41) is 10.8. The maximum Gasteiger partial charge on any atom is 0.327 e. The summed E-state index contributed by atoms with van der Waals surface area (Å²) >= 11 is 0. The molecule has 0 bridgehead atoms. The smallest absolute Gasteiger partial charge is 0.327 e. The highest BCUT2D eigenvalue weighted by molar-refractivity contribution is 6.01. The van der Waals surface area contributed by atoms with Gasteiger partial charge in [-0.25, -0.2) is 4.79 Å². The molecule has 19 heavy (non-hydrogen) atoms. The van der Waals surface area contributed by atoms with Crippen LogP contribution in [-0.4, -0.2) is 40.3 Å². The number of nitrogen functional groups attached to an aromatic ring is 1. The standard InChI is InChI=1S/C11H12N4O4/c1-13-6-9(16)14(11(13)17)5-7-3-2-4-8(10(7)12)15(18)19/h2-4H,5-6,12H2,1H3. The first kappa shape index (κ1) is 12.8. The number of rotatable bonds is 3. The van der Waals surface area contributed by atoms with Crippen LogP contribution < -0.4 is 5.73 Å². The Bertz CT molecular complexity index is 572. The second kappa shape index (κ2) is 4.56. The molecule has 1 fully saturated rings. The van der Waals surface area contributed by atoms with Crippen molar-refractivity contribution in [3.8, 4) is 0 Å². The molecule has 0 saturated carbocycles. The number of urea groups is 1. The third kappa shape index (κ3) is 2.19. The normalized spacial score (nSPS) is 15.2. The maximum atomic E-state index is 11.7. The summed E-state index contributed by atoms with van der Waals surface area (Å²) < 4.78 is 0. The van der Waals surface area contributed by atoms with Gasteiger partial charge in [0.1, 0.15) is 12.2 Å². The van der Waals surface area contributed by atoms with Gasteiger partial charge in [0.25, 0.3) is 11.6 Å². The summed E-state index contributed by atoms with van der Waals surface area (Å²) in [6.07, 6.45) is 0. The van der Waals surface area contributed by atoms with Crippen molar-refractivity contribution in [1.82, 2.24) is 9.80 Å². The average Bonchev–Trinajstić information content (AvgIpc) is 2.58. The highest BCUT2D eigenvalue weighted by Gasteiger charge is 2.34. The SMILES string of the molecule is CN1CC(=O)N(Cc2cccc([N+](=O)[O-])c2N)C1=O. The number of amides is 3. The van der Waals surface area contributed by atoms with Gasteiger partial charge in [0.2, 0.25) is 0 Å². The third-order valence-electron chi connectivity index (χ3n) is 2.93. The molecule has 0 atom stereocenters. The fourth-order valence-corrected chi connectivity index (χ4v) is 1.89. The molecule has 0 aliphatic carbocycles. The van der Waals surface area contributed by atoms with Crippen molar-refractivity contribution < 1.29 is 14.5 Å². The van der Waals surface area contributed by atoms with Crippen molar-refractivity contribution in [3.63, 3.8) is 0 Å². The molecule has 1 saturated heterocycles. The van der Waals surface area contributed by atoms with E-state index in [0.717, 1.165) is 4.90 Å². The quantitative estimate of drug-likeness (QED) is 0.371. The number of para-hydroxylation sites is 1. The monoisotopic (exact) mass is 264 g/mol. The van der Waals surface area contributed by atoms with Gasteiger partial charge in [-0.1, -0.05) is 12.1 Å². The van der Waals surface area contributed by atoms with Gasteiger partial charge in [-0.2, -0.15) is 0 Å². The predicted octanol–water partition coefficient (Wildman–Crippen LogP) is 0.571. The topological polar surface area (TPSA) is 110 Å². The summed E-state index contributed by atoms with van der Waals surface area (Å²) in [4.78, 5) is 35.8. The van der Waals surface area contributed by atoms with Gasteiger partial charge in [0.05, 0.1) is 11.5 Å². The Labute approximate surface area is 108 Å². The van der Waals surface area contributed by atoms with Crippen molar-refractivity contribution in [3.05, 3.63) is 33.9 Å². The fraction of sp³-hybridized carbons (Fsp3) is 0.273. The van der Waals surface area contributed by atoms with Gasteiger partial charge < -0.3 is 10.6 Å². The van der Waals surface area contributed by atoms with Crippen LogP contribution in [0.25, 0.3) is 0 Å². The van der Waals surface area contributed by atoms with E-state index in [1.165, 1.54) is 24.1 Å². The Kier molecular flexibility index (Phi) is 3.07. The first-order chi connectivity index (χ1) is 8.91. The van der Waals surface area contributed by atoms with Crippen LogP contribution in [0, 0.1) is 10.1 Å². The zero-order valence-electron chi connectivity index (χ0n) is 10.2. The lowest BCUT2D eigenvalue weighted by molar-refractivity contribution is -0.384. The van der Waals surface area contributed by atoms with Crippen molar-refractivity contribution in [2.75, 3.05) is 19.3 Å². The Morgan fingerprint density at radius 1 is 1.42 bits per heavy atom. The molecular weight excluding hydrogens is 252 g/mol. The average molecular weight is 264 g/mol. The molecule has 0 radical (unpaired) electrons. The van der Waals surface area contributed by atoms with Crippen LogP contribution >= 0.6 is 0 Å². The number of hydrogen-bond donors (Lipinski definition) is 1. The van der Waals surface area contributed by atoms with E-state index in [1.54, 1.807) is 6.07 Å². The van der Waals surface area contributed by atoms with E-state index >= 15 is 0 Å². The molecule has 1 aromatic carbocycles. The minimum atomic E-state index is -0.599. The van der Waals surface area contributed by atoms with Crippen LogP contribution in [0.4, 0.5) is 16.2 Å². The van der Waals surface area contributed by atoms with Gasteiger partial charge in [-0.05, 0) is 0 Å². The second-order valence-corrected chi connectivity index (χ2v) is 4.23. The van der Waals surface area contributed by atoms with E-state index in [9.17, 15) is 19.7 Å². The lowest BCUT2D eigenvalue weighted by Gasteiger charge is -2.15. The number of nitro groups is 1. The number of hydrogen-bond acceptors (Lipinski definition) is 5. The van der Waals surface area contributed by atoms with Crippen molar-refractivity contribution in [2.45, 2.75) is 6.54 Å². The number of imide groups is 1. The summed E-state index contributed by atoms with van der Waals surface area (Å²) in [6.45, 7) is -0.0524. The Hall–Kier alpha value is -2.64. The molecule has 1 aliphatic rings. The van der Waals surface area contributed by atoms with E-state index in [-0.39, 0.29) is 30.4 Å². The number of anilines is 1. The van der Waals surface area contributed by atoms with Gasteiger partial charge in [0, 0.05) is 18.7 Å². The highest BCUT2D eigenvalue weighted by atomic mass is 16.6. The number of carbonyl (C=O) groups excluding carboxylic acids is 2. The van der Waals surface area contributed by atoms with Crippen LogP contribution in [0.3, 0.4) is 0 Å². The minimum absolute atomic E-state index is 0.00760. The summed E-state index contributed by atoms with van der Waals surface area (Å²) in [7, 11) is 1.51. The van der Waals surface area contributed by atoms with E-state index in [0.29, 0.717) is 5.56 Å². The number of carbonyl (C=O) groups is 2. The van der Waals surface area contributed by atoms with Crippen molar-refractivity contribution in [2.24, 2.45) is 0 Å². The molecule has 2 rings (SSSR count). The first-order valence-corrected chi connectivity index (χ1v) is 5.49. The molecule has 0 spiro atoms. The van der Waals surface area contributed by atoms with Crippen LogP contribution in [0.15, 0.2) is 18.2 Å². The minimum Gasteiger partial charge on any atom is -0.393 e. The Balaban J connectivity index is 2.30. The van der Waals surface area contributed by atoms with Crippen LogP contribution in [-0.2, 0) is 11.3 Å². The second-order valence-electron chi connectivity index (χ2n) is 4.23. The van der Waals surface area contributed by atoms with Crippen LogP contribution in [0.1, 0.15) is 5.56 Å². The zero-order chi connectivity index (χ0) is 14.2. The number of nitrogens with zero attached hydrogens (tertiary/aromatic N) is 3. The van der Waals surface area contributed by atoms with Crippen LogP contribution in [0.2, 0.25) is 0 Å². The molecule has 8 nitrogen and oxygen atoms in total. The number of benzene rings is 1. The molecule has 3 amide bonds. The summed E-state index contributed by atoms with van der Waals surface area (Å²) in [5.41, 5.74) is 5.81. The largest absolute Gasteiger partial charge is 0.393 e. The molecule has 1 aliphatic heterocycles. The molecule has 8 heteroatoms. The highest BCUT2D eigenvalue weighted by Crippen LogP contribution is 2.26. The maximum absolute atomic E-state index is 11.7. The molecule has 100 valence electrons. The number of nitro benzene ring substituents is 1. The summed E-state index contributed by atoms with van der Waals surface area (Å²) in [5.74, 6) is -0.349. The molecular formula is C11H12N4O4. The molecule has 0 aromatic heterocycles. The number of likely N-dealkylation sites (N-methyl/N-ethyl adjacent to an activating group) is 1. The molecule has 1 aromatic rings. The third-order valence-corrected chi connectivity index (χ3v) is 2.93. The molecule has 2 N–H and O–H groups in total. The predicted molar refractivity (Wildman–Crippen MR) is 66.1 cm³/mol. The fourth-order valence-electron chi connectivity index (χ4n) is 1.89. The van der Waals surface area contributed by atoms with E-state index in [2.05, 4.69) is 0 Å². The Morgan fingerprint density at radius 2 is 2.11 bits per heavy atom. The zero-order valence-corrected chi connectivity index (χ0v) is 10.2. The van der Waals surface area contributed by atoms with Gasteiger partial charge in [-0.15, -0.1) is 0 Å². The van der Waals surface area contributed by atoms with Crippen LogP contribution in [0.5, 0.6) is 0 Å². The van der Waals surface area contributed by atoms with Gasteiger partial charge >= 0.3 is 6.03 Å². The van der Waals surface area contributed by atoms with Gasteiger partial charge in [0.15, 0.2) is 0 Å². The lowest BCUT2D eigenvalue weighted by atomic mass is 10.1. The van der Waals surface area contributed by atoms with E-state index in [1.807, 2.05) is 0 Å². The lowest BCUT2D eigenvalue weighted by Crippen LogP contribution is -2.31. The van der Waals surface area contributed by atoms with E-state index in [4.69, 9.17) is 5.73 Å². The first-order valence-electron chi connectivity index (χ1n) is 5.49. The van der Waals surface area contributed by atoms with E-state index < -0.39 is 11.0 Å². The number of nitrogens with two attached hydrogens (primary N) is 1. The van der Waals surface area contributed by atoms with Crippen molar-refractivity contribution >= 4 is 23.3 Å².